The molecule has 2 aromatic rings. The molecule has 0 aromatic carbocycles. The largest absolute Gasteiger partial charge is 0.383 e. The van der Waals surface area contributed by atoms with Gasteiger partial charge < -0.3 is 5.73 Å². The van der Waals surface area contributed by atoms with Gasteiger partial charge in [0.05, 0.1) is 0 Å². The zero-order valence-electron chi connectivity index (χ0n) is 8.79. The summed E-state index contributed by atoms with van der Waals surface area (Å²) in [4.78, 5) is 16.2. The molecule has 0 aliphatic carbocycles. The number of hydrogen-bond donors (Lipinski definition) is 1. The van der Waals surface area contributed by atoms with E-state index in [0.717, 1.165) is 22.0 Å². The molecule has 0 aliphatic heterocycles. The van der Waals surface area contributed by atoms with Crippen molar-refractivity contribution in [3.8, 4) is 0 Å². The van der Waals surface area contributed by atoms with E-state index in [9.17, 15) is 0 Å². The van der Waals surface area contributed by atoms with Crippen LogP contribution in [0.2, 0.25) is 0 Å². The molecular weight excluding hydrogens is 222 g/mol. The van der Waals surface area contributed by atoms with Gasteiger partial charge in [-0.15, -0.1) is 0 Å². The van der Waals surface area contributed by atoms with Crippen LogP contribution in [0, 0.1) is 0 Å². The predicted octanol–water partition coefficient (Wildman–Crippen LogP) is 1.56. The molecule has 16 heavy (non-hydrogen) atoms. The summed E-state index contributed by atoms with van der Waals surface area (Å²) in [5, 5.41) is 1.71. The van der Waals surface area contributed by atoms with E-state index in [2.05, 4.69) is 19.9 Å². The van der Waals surface area contributed by atoms with Crippen molar-refractivity contribution >= 4 is 17.6 Å². The fraction of sp³-hybridized carbons (Fsp3) is 0.200. The monoisotopic (exact) mass is 233 g/mol. The van der Waals surface area contributed by atoms with Crippen molar-refractivity contribution in [2.75, 3.05) is 5.73 Å². The zero-order valence-corrected chi connectivity index (χ0v) is 9.61. The molecule has 0 amide bonds. The SMILES string of the molecule is CCc1c(N)ncnc1Sc1ccncn1. The highest BCUT2D eigenvalue weighted by Gasteiger charge is 2.09. The number of hydrogen-bond acceptors (Lipinski definition) is 6. The van der Waals surface area contributed by atoms with Gasteiger partial charge in [-0.25, -0.2) is 19.9 Å². The number of anilines is 1. The second-order valence-corrected chi connectivity index (χ2v) is 4.05. The van der Waals surface area contributed by atoms with Gasteiger partial charge in [0.15, 0.2) is 0 Å². The predicted molar refractivity (Wildman–Crippen MR) is 62.0 cm³/mol. The maximum absolute atomic E-state index is 5.79. The number of nitrogen functional groups attached to an aromatic ring is 1. The van der Waals surface area contributed by atoms with Gasteiger partial charge in [0, 0.05) is 11.8 Å². The lowest BCUT2D eigenvalue weighted by Gasteiger charge is -2.06. The number of aromatic nitrogens is 4. The maximum atomic E-state index is 5.79. The standard InChI is InChI=1S/C10H11N5S/c1-2-7-9(11)14-6-15-10(7)16-8-3-4-12-5-13-8/h3-6H,2H2,1H3,(H2,11,14,15). The third kappa shape index (κ3) is 2.27. The van der Waals surface area contributed by atoms with Crippen molar-refractivity contribution in [3.05, 3.63) is 30.5 Å². The van der Waals surface area contributed by atoms with Crippen molar-refractivity contribution in [2.45, 2.75) is 23.4 Å². The lowest BCUT2D eigenvalue weighted by Crippen LogP contribution is -2.00. The van der Waals surface area contributed by atoms with Gasteiger partial charge >= 0.3 is 0 Å². The summed E-state index contributed by atoms with van der Waals surface area (Å²) in [6.45, 7) is 2.03. The van der Waals surface area contributed by atoms with E-state index in [-0.39, 0.29) is 0 Å². The lowest BCUT2D eigenvalue weighted by atomic mass is 10.2. The van der Waals surface area contributed by atoms with E-state index in [4.69, 9.17) is 5.73 Å². The summed E-state index contributed by atoms with van der Waals surface area (Å²) < 4.78 is 0. The first-order chi connectivity index (χ1) is 7.81. The van der Waals surface area contributed by atoms with Crippen LogP contribution >= 0.6 is 11.8 Å². The fourth-order valence-corrected chi connectivity index (χ4v) is 2.17. The molecule has 2 aromatic heterocycles. The van der Waals surface area contributed by atoms with Crippen LogP contribution in [0.5, 0.6) is 0 Å². The van der Waals surface area contributed by atoms with Crippen LogP contribution < -0.4 is 5.73 Å². The summed E-state index contributed by atoms with van der Waals surface area (Å²) >= 11 is 1.47. The molecule has 2 rings (SSSR count). The Kier molecular flexibility index (Phi) is 3.31. The molecule has 2 N–H and O–H groups in total. The Bertz CT molecular complexity index is 474. The minimum atomic E-state index is 0.536. The molecule has 0 fully saturated rings. The van der Waals surface area contributed by atoms with Gasteiger partial charge in [-0.1, -0.05) is 6.92 Å². The molecule has 0 atom stereocenters. The van der Waals surface area contributed by atoms with E-state index < -0.39 is 0 Å². The highest BCUT2D eigenvalue weighted by atomic mass is 32.2. The smallest absolute Gasteiger partial charge is 0.131 e. The second kappa shape index (κ2) is 4.89. The average Bonchev–Trinajstić information content (AvgIpc) is 2.31. The van der Waals surface area contributed by atoms with E-state index in [1.807, 2.05) is 13.0 Å². The Morgan fingerprint density at radius 3 is 2.81 bits per heavy atom. The normalized spacial score (nSPS) is 10.3. The summed E-state index contributed by atoms with van der Waals surface area (Å²) in [6, 6.07) is 1.84. The topological polar surface area (TPSA) is 77.6 Å². The van der Waals surface area contributed by atoms with Crippen LogP contribution in [0.4, 0.5) is 5.82 Å². The van der Waals surface area contributed by atoms with Crippen LogP contribution in [0.25, 0.3) is 0 Å². The van der Waals surface area contributed by atoms with Gasteiger partial charge in [-0.05, 0) is 24.2 Å². The first kappa shape index (κ1) is 10.8. The Morgan fingerprint density at radius 1 is 1.25 bits per heavy atom. The van der Waals surface area contributed by atoms with E-state index in [1.165, 1.54) is 24.4 Å². The summed E-state index contributed by atoms with van der Waals surface area (Å²) in [7, 11) is 0. The molecule has 0 bridgehead atoms. The third-order valence-corrected chi connectivity index (χ3v) is 3.04. The van der Waals surface area contributed by atoms with Crippen LogP contribution in [-0.4, -0.2) is 19.9 Å². The third-order valence-electron chi connectivity index (χ3n) is 2.05. The zero-order chi connectivity index (χ0) is 11.4. The molecule has 0 saturated carbocycles. The molecule has 2 heterocycles. The van der Waals surface area contributed by atoms with Crippen LogP contribution in [0.15, 0.2) is 35.0 Å². The maximum Gasteiger partial charge on any atom is 0.131 e. The summed E-state index contributed by atoms with van der Waals surface area (Å²) in [5.41, 5.74) is 6.75. The highest BCUT2D eigenvalue weighted by Crippen LogP contribution is 2.28. The molecular formula is C10H11N5S. The molecule has 0 aliphatic rings. The fourth-order valence-electron chi connectivity index (χ4n) is 1.27. The highest BCUT2D eigenvalue weighted by molar-refractivity contribution is 7.99. The molecule has 0 radical (unpaired) electrons. The van der Waals surface area contributed by atoms with Gasteiger partial charge in [-0.2, -0.15) is 0 Å². The van der Waals surface area contributed by atoms with E-state index >= 15 is 0 Å². The van der Waals surface area contributed by atoms with Crippen molar-refractivity contribution in [2.24, 2.45) is 0 Å². The Balaban J connectivity index is 2.31. The lowest BCUT2D eigenvalue weighted by molar-refractivity contribution is 0.946. The van der Waals surface area contributed by atoms with E-state index in [1.54, 1.807) is 6.20 Å². The molecule has 0 unspecified atom stereocenters. The Hall–Kier alpha value is -1.69. The van der Waals surface area contributed by atoms with E-state index in [0.29, 0.717) is 5.82 Å². The Morgan fingerprint density at radius 2 is 2.12 bits per heavy atom. The number of nitrogens with zero attached hydrogens (tertiary/aromatic N) is 4. The van der Waals surface area contributed by atoms with Crippen LogP contribution in [-0.2, 0) is 6.42 Å². The van der Waals surface area contributed by atoms with Crippen molar-refractivity contribution in [3.63, 3.8) is 0 Å². The van der Waals surface area contributed by atoms with Crippen LogP contribution in [0.3, 0.4) is 0 Å². The van der Waals surface area contributed by atoms with Crippen molar-refractivity contribution < 1.29 is 0 Å². The van der Waals surface area contributed by atoms with Crippen LogP contribution in [0.1, 0.15) is 12.5 Å². The molecule has 0 saturated heterocycles. The van der Waals surface area contributed by atoms with Crippen molar-refractivity contribution in [1.29, 1.82) is 0 Å². The quantitative estimate of drug-likeness (QED) is 0.811. The molecule has 5 nitrogen and oxygen atoms in total. The van der Waals surface area contributed by atoms with Crippen molar-refractivity contribution in [1.82, 2.24) is 19.9 Å². The molecule has 0 spiro atoms. The van der Waals surface area contributed by atoms with Gasteiger partial charge in [0.25, 0.3) is 0 Å². The average molecular weight is 233 g/mol. The van der Waals surface area contributed by atoms with Gasteiger partial charge in [0.1, 0.15) is 28.5 Å². The minimum Gasteiger partial charge on any atom is -0.383 e. The van der Waals surface area contributed by atoms with Gasteiger partial charge in [-0.3, -0.25) is 0 Å². The first-order valence-corrected chi connectivity index (χ1v) is 5.66. The Labute approximate surface area is 97.6 Å². The summed E-state index contributed by atoms with van der Waals surface area (Å²) in [5.74, 6) is 0.536. The number of nitrogens with two attached hydrogens (primary N) is 1. The molecule has 6 heteroatoms. The number of rotatable bonds is 3. The first-order valence-electron chi connectivity index (χ1n) is 4.84. The van der Waals surface area contributed by atoms with Gasteiger partial charge in [0.2, 0.25) is 0 Å². The second-order valence-electron chi connectivity index (χ2n) is 3.05. The minimum absolute atomic E-state index is 0.536. The molecule has 82 valence electrons. The summed E-state index contributed by atoms with van der Waals surface area (Å²) in [6.07, 6.45) is 5.49.